The molecular weight excluding hydrogens is 328 g/mol. The molecule has 0 radical (unpaired) electrons. The van der Waals surface area contributed by atoms with E-state index in [1.54, 1.807) is 0 Å². The van der Waals surface area contributed by atoms with Crippen molar-refractivity contribution in [1.29, 1.82) is 0 Å². The second-order valence-electron chi connectivity index (χ2n) is 6.74. The molecule has 0 aromatic heterocycles. The molecule has 1 heterocycles. The van der Waals surface area contributed by atoms with Crippen LogP contribution in [0.15, 0.2) is 22.7 Å². The van der Waals surface area contributed by atoms with Crippen LogP contribution >= 0.6 is 15.9 Å². The molecule has 1 saturated carbocycles. The molecule has 3 N–H and O–H groups in total. The molecule has 1 aliphatic carbocycles. The molecule has 2 fully saturated rings. The highest BCUT2D eigenvalue weighted by Gasteiger charge is 2.42. The van der Waals surface area contributed by atoms with Gasteiger partial charge in [-0.15, -0.1) is 0 Å². The van der Waals surface area contributed by atoms with Gasteiger partial charge in [0.1, 0.15) is 0 Å². The lowest BCUT2D eigenvalue weighted by Gasteiger charge is -2.48. The highest BCUT2D eigenvalue weighted by atomic mass is 79.9. The lowest BCUT2D eigenvalue weighted by molar-refractivity contribution is -0.0612. The molecule has 1 aromatic rings. The molecule has 3 atom stereocenters. The van der Waals surface area contributed by atoms with E-state index in [9.17, 15) is 5.11 Å². The second kappa shape index (κ2) is 5.90. The molecule has 1 aliphatic heterocycles. The first-order chi connectivity index (χ1) is 9.99. The summed E-state index contributed by atoms with van der Waals surface area (Å²) in [4.78, 5) is 2.42. The Morgan fingerprint density at radius 3 is 2.90 bits per heavy atom. The number of rotatable bonds is 2. The van der Waals surface area contributed by atoms with Crippen molar-refractivity contribution < 1.29 is 5.11 Å². The molecule has 1 aromatic carbocycles. The van der Waals surface area contributed by atoms with Crippen LogP contribution in [0.1, 0.15) is 50.6 Å². The minimum Gasteiger partial charge on any atom is -0.389 e. The maximum Gasteiger partial charge on any atom is 0.0709 e. The SMILES string of the molecule is C[C@@H](N)c1ccc(N2CCC3(O)CCCCC3C2)cc1Br. The van der Waals surface area contributed by atoms with Crippen LogP contribution in [0.4, 0.5) is 5.69 Å². The number of hydrogen-bond donors (Lipinski definition) is 2. The second-order valence-corrected chi connectivity index (χ2v) is 7.59. The smallest absolute Gasteiger partial charge is 0.0709 e. The van der Waals surface area contributed by atoms with E-state index in [2.05, 4.69) is 39.0 Å². The molecule has 0 spiro atoms. The maximum atomic E-state index is 10.8. The monoisotopic (exact) mass is 352 g/mol. The number of nitrogens with zero attached hydrogens (tertiary/aromatic N) is 1. The summed E-state index contributed by atoms with van der Waals surface area (Å²) < 4.78 is 1.08. The van der Waals surface area contributed by atoms with Crippen LogP contribution in [0.2, 0.25) is 0 Å². The van der Waals surface area contributed by atoms with E-state index in [0.29, 0.717) is 5.92 Å². The summed E-state index contributed by atoms with van der Waals surface area (Å²) in [6.45, 7) is 3.92. The van der Waals surface area contributed by atoms with E-state index < -0.39 is 5.60 Å². The molecule has 2 aliphatic rings. The summed E-state index contributed by atoms with van der Waals surface area (Å²) in [5.74, 6) is 0.423. The molecule has 3 nitrogen and oxygen atoms in total. The predicted molar refractivity (Wildman–Crippen MR) is 90.5 cm³/mol. The van der Waals surface area contributed by atoms with Gasteiger partial charge in [0.2, 0.25) is 0 Å². The average Bonchev–Trinajstić information content (AvgIpc) is 2.45. The van der Waals surface area contributed by atoms with Crippen LogP contribution in [-0.4, -0.2) is 23.8 Å². The third-order valence-corrected chi connectivity index (χ3v) is 5.95. The average molecular weight is 353 g/mol. The van der Waals surface area contributed by atoms with Crippen molar-refractivity contribution in [1.82, 2.24) is 0 Å². The van der Waals surface area contributed by atoms with Crippen molar-refractivity contribution in [2.24, 2.45) is 11.7 Å². The summed E-state index contributed by atoms with van der Waals surface area (Å²) in [5, 5.41) is 10.8. The van der Waals surface area contributed by atoms with Gasteiger partial charge in [-0.05, 0) is 43.9 Å². The van der Waals surface area contributed by atoms with Gasteiger partial charge < -0.3 is 15.7 Å². The van der Waals surface area contributed by atoms with Gasteiger partial charge in [0.15, 0.2) is 0 Å². The van der Waals surface area contributed by atoms with Gasteiger partial charge in [0, 0.05) is 35.2 Å². The minimum atomic E-state index is -0.405. The molecule has 0 amide bonds. The van der Waals surface area contributed by atoms with Gasteiger partial charge in [0.25, 0.3) is 0 Å². The zero-order valence-electron chi connectivity index (χ0n) is 12.7. The lowest BCUT2D eigenvalue weighted by Crippen LogP contribution is -2.53. The van der Waals surface area contributed by atoms with E-state index in [0.717, 1.165) is 42.4 Å². The zero-order chi connectivity index (χ0) is 15.0. The van der Waals surface area contributed by atoms with Crippen molar-refractivity contribution in [2.75, 3.05) is 18.0 Å². The minimum absolute atomic E-state index is 0.0400. The highest BCUT2D eigenvalue weighted by Crippen LogP contribution is 2.41. The van der Waals surface area contributed by atoms with E-state index in [-0.39, 0.29) is 6.04 Å². The third-order valence-electron chi connectivity index (χ3n) is 5.27. The Kier molecular flexibility index (Phi) is 4.30. The summed E-state index contributed by atoms with van der Waals surface area (Å²) >= 11 is 3.64. The van der Waals surface area contributed by atoms with Crippen molar-refractivity contribution >= 4 is 21.6 Å². The molecule has 2 unspecified atom stereocenters. The quantitative estimate of drug-likeness (QED) is 0.854. The van der Waals surface area contributed by atoms with Crippen LogP contribution < -0.4 is 10.6 Å². The van der Waals surface area contributed by atoms with E-state index in [1.807, 2.05) is 6.92 Å². The zero-order valence-corrected chi connectivity index (χ0v) is 14.3. The summed E-state index contributed by atoms with van der Waals surface area (Å²) in [7, 11) is 0. The van der Waals surface area contributed by atoms with Crippen LogP contribution in [0, 0.1) is 5.92 Å². The fourth-order valence-corrected chi connectivity index (χ4v) is 4.62. The highest BCUT2D eigenvalue weighted by molar-refractivity contribution is 9.10. The van der Waals surface area contributed by atoms with E-state index in [1.165, 1.54) is 18.5 Å². The fraction of sp³-hybridized carbons (Fsp3) is 0.647. The van der Waals surface area contributed by atoms with Gasteiger partial charge in [-0.3, -0.25) is 0 Å². The topological polar surface area (TPSA) is 49.5 Å². The Labute approximate surface area is 135 Å². The standard InChI is InChI=1S/C17H25BrN2O/c1-12(19)15-6-5-14(10-16(15)18)20-9-8-17(21)7-3-2-4-13(17)11-20/h5-6,10,12-13,21H,2-4,7-9,11,19H2,1H3/t12-,13?,17?/m1/s1. The number of nitrogens with two attached hydrogens (primary N) is 1. The van der Waals surface area contributed by atoms with Crippen molar-refractivity contribution in [3.63, 3.8) is 0 Å². The summed E-state index contributed by atoms with van der Waals surface area (Å²) in [6, 6.07) is 6.49. The first-order valence-corrected chi connectivity index (χ1v) is 8.81. The van der Waals surface area contributed by atoms with E-state index >= 15 is 0 Å². The first kappa shape index (κ1) is 15.3. The molecular formula is C17H25BrN2O. The van der Waals surface area contributed by atoms with Crippen LogP contribution in [0.5, 0.6) is 0 Å². The van der Waals surface area contributed by atoms with Crippen LogP contribution in [0.25, 0.3) is 0 Å². The Balaban J connectivity index is 1.78. The maximum absolute atomic E-state index is 10.8. The van der Waals surface area contributed by atoms with Crippen molar-refractivity contribution in [2.45, 2.75) is 50.7 Å². The number of halogens is 1. The van der Waals surface area contributed by atoms with Gasteiger partial charge in [-0.2, -0.15) is 0 Å². The number of aliphatic hydroxyl groups is 1. The van der Waals surface area contributed by atoms with Crippen LogP contribution in [0.3, 0.4) is 0 Å². The summed E-state index contributed by atoms with van der Waals surface area (Å²) in [5.41, 5.74) is 7.94. The molecule has 21 heavy (non-hydrogen) atoms. The van der Waals surface area contributed by atoms with Gasteiger partial charge in [-0.1, -0.05) is 34.8 Å². The number of hydrogen-bond acceptors (Lipinski definition) is 3. The van der Waals surface area contributed by atoms with Gasteiger partial charge >= 0.3 is 0 Å². The molecule has 1 saturated heterocycles. The Morgan fingerprint density at radius 2 is 2.19 bits per heavy atom. The lowest BCUT2D eigenvalue weighted by atomic mass is 9.71. The number of benzene rings is 1. The molecule has 4 heteroatoms. The van der Waals surface area contributed by atoms with E-state index in [4.69, 9.17) is 5.73 Å². The first-order valence-electron chi connectivity index (χ1n) is 8.02. The van der Waals surface area contributed by atoms with Gasteiger partial charge in [0.05, 0.1) is 5.60 Å². The summed E-state index contributed by atoms with van der Waals surface area (Å²) in [6.07, 6.45) is 5.48. The molecule has 3 rings (SSSR count). The number of piperidine rings is 1. The number of anilines is 1. The Morgan fingerprint density at radius 1 is 1.38 bits per heavy atom. The van der Waals surface area contributed by atoms with Gasteiger partial charge in [-0.25, -0.2) is 0 Å². The Hall–Kier alpha value is -0.580. The van der Waals surface area contributed by atoms with Crippen molar-refractivity contribution in [3.8, 4) is 0 Å². The molecule has 0 bridgehead atoms. The fourth-order valence-electron chi connectivity index (χ4n) is 3.89. The largest absolute Gasteiger partial charge is 0.389 e. The predicted octanol–water partition coefficient (Wildman–Crippen LogP) is 3.60. The number of fused-ring (bicyclic) bond motifs is 1. The normalized spacial score (nSPS) is 30.9. The van der Waals surface area contributed by atoms with Crippen LogP contribution in [-0.2, 0) is 0 Å². The molecule has 116 valence electrons. The Bertz CT molecular complexity index is 520. The van der Waals surface area contributed by atoms with Crippen molar-refractivity contribution in [3.05, 3.63) is 28.2 Å². The third kappa shape index (κ3) is 2.99.